The lowest BCUT2D eigenvalue weighted by atomic mass is 10.2. The standard InChI is InChI=1S/C12H17N5O3/c1-16-7-9(6-13-16)8-17-10(4-5-19-2)11(14-15-17)12(18)20-3/h6-7H,4-5,8H2,1-3H3. The summed E-state index contributed by atoms with van der Waals surface area (Å²) in [6.07, 6.45) is 4.17. The number of aryl methyl sites for hydroxylation is 1. The Morgan fingerprint density at radius 1 is 1.40 bits per heavy atom. The highest BCUT2D eigenvalue weighted by Crippen LogP contribution is 2.11. The van der Waals surface area contributed by atoms with Crippen LogP contribution in [0, 0.1) is 0 Å². The topological polar surface area (TPSA) is 84.1 Å². The quantitative estimate of drug-likeness (QED) is 0.694. The van der Waals surface area contributed by atoms with Gasteiger partial charge < -0.3 is 9.47 Å². The van der Waals surface area contributed by atoms with Gasteiger partial charge in [-0.15, -0.1) is 5.10 Å². The number of hydrogen-bond acceptors (Lipinski definition) is 6. The van der Waals surface area contributed by atoms with E-state index in [2.05, 4.69) is 15.4 Å². The van der Waals surface area contributed by atoms with Crippen LogP contribution in [-0.4, -0.2) is 51.6 Å². The van der Waals surface area contributed by atoms with Crippen LogP contribution in [0.25, 0.3) is 0 Å². The summed E-state index contributed by atoms with van der Waals surface area (Å²) in [6.45, 7) is 0.974. The molecule has 2 heterocycles. The minimum atomic E-state index is -0.492. The van der Waals surface area contributed by atoms with Crippen LogP contribution in [0.4, 0.5) is 0 Å². The van der Waals surface area contributed by atoms with Gasteiger partial charge in [0.1, 0.15) is 0 Å². The predicted molar refractivity (Wildman–Crippen MR) is 69.3 cm³/mol. The van der Waals surface area contributed by atoms with Gasteiger partial charge in [0.25, 0.3) is 0 Å². The first-order valence-corrected chi connectivity index (χ1v) is 6.12. The number of methoxy groups -OCH3 is 2. The van der Waals surface area contributed by atoms with E-state index >= 15 is 0 Å². The van der Waals surface area contributed by atoms with Crippen LogP contribution in [0.2, 0.25) is 0 Å². The highest BCUT2D eigenvalue weighted by molar-refractivity contribution is 5.88. The van der Waals surface area contributed by atoms with E-state index in [1.54, 1.807) is 22.7 Å². The minimum Gasteiger partial charge on any atom is -0.464 e. The minimum absolute atomic E-state index is 0.230. The van der Waals surface area contributed by atoms with Gasteiger partial charge in [-0.2, -0.15) is 5.10 Å². The maximum absolute atomic E-state index is 11.7. The fourth-order valence-corrected chi connectivity index (χ4v) is 1.89. The monoisotopic (exact) mass is 279 g/mol. The van der Waals surface area contributed by atoms with Crippen LogP contribution >= 0.6 is 0 Å². The first-order valence-electron chi connectivity index (χ1n) is 6.12. The van der Waals surface area contributed by atoms with Crippen molar-refractivity contribution < 1.29 is 14.3 Å². The largest absolute Gasteiger partial charge is 0.464 e. The average Bonchev–Trinajstić information content (AvgIpc) is 3.03. The molecule has 0 aliphatic carbocycles. The third kappa shape index (κ3) is 3.02. The normalized spacial score (nSPS) is 10.8. The van der Waals surface area contributed by atoms with Gasteiger partial charge in [-0.1, -0.05) is 5.21 Å². The predicted octanol–water partition coefficient (Wildman–Crippen LogP) is 0.0354. The Kier molecular flexibility index (Phi) is 4.46. The van der Waals surface area contributed by atoms with Crippen molar-refractivity contribution >= 4 is 5.97 Å². The van der Waals surface area contributed by atoms with Crippen LogP contribution < -0.4 is 0 Å². The van der Waals surface area contributed by atoms with Crippen molar-refractivity contribution in [3.8, 4) is 0 Å². The number of aromatic nitrogens is 5. The number of rotatable bonds is 6. The molecule has 108 valence electrons. The lowest BCUT2D eigenvalue weighted by Gasteiger charge is -2.06. The molecule has 8 heteroatoms. The van der Waals surface area contributed by atoms with Crippen LogP contribution in [0.1, 0.15) is 21.7 Å². The van der Waals surface area contributed by atoms with Crippen LogP contribution in [0.15, 0.2) is 12.4 Å². The Labute approximate surface area is 116 Å². The van der Waals surface area contributed by atoms with Gasteiger partial charge in [0.15, 0.2) is 5.69 Å². The molecule has 0 spiro atoms. The zero-order valence-corrected chi connectivity index (χ0v) is 11.7. The molecular formula is C12H17N5O3. The summed E-state index contributed by atoms with van der Waals surface area (Å²) in [5, 5.41) is 12.0. The summed E-state index contributed by atoms with van der Waals surface area (Å²) in [4.78, 5) is 11.7. The number of ether oxygens (including phenoxy) is 2. The molecule has 0 aliphatic heterocycles. The summed E-state index contributed by atoms with van der Waals surface area (Å²) in [5.74, 6) is -0.492. The molecule has 0 N–H and O–H groups in total. The second-order valence-electron chi connectivity index (χ2n) is 4.30. The Bertz CT molecular complexity index is 590. The molecule has 0 radical (unpaired) electrons. The Balaban J connectivity index is 2.27. The van der Waals surface area contributed by atoms with Gasteiger partial charge in [-0.25, -0.2) is 9.48 Å². The fourth-order valence-electron chi connectivity index (χ4n) is 1.89. The number of esters is 1. The van der Waals surface area contributed by atoms with E-state index < -0.39 is 5.97 Å². The third-order valence-electron chi connectivity index (χ3n) is 2.85. The van der Waals surface area contributed by atoms with Crippen LogP contribution in [0.5, 0.6) is 0 Å². The molecule has 0 atom stereocenters. The lowest BCUT2D eigenvalue weighted by molar-refractivity contribution is 0.0592. The fraction of sp³-hybridized carbons (Fsp3) is 0.500. The van der Waals surface area contributed by atoms with Crippen molar-refractivity contribution in [3.05, 3.63) is 29.3 Å². The molecule has 0 amide bonds. The van der Waals surface area contributed by atoms with Crippen molar-refractivity contribution in [3.63, 3.8) is 0 Å². The summed E-state index contributed by atoms with van der Waals surface area (Å²) in [5.41, 5.74) is 1.91. The molecule has 2 aromatic heterocycles. The SMILES string of the molecule is COCCc1c(C(=O)OC)nnn1Cc1cnn(C)c1. The lowest BCUT2D eigenvalue weighted by Crippen LogP contribution is -2.12. The van der Waals surface area contributed by atoms with E-state index in [1.807, 2.05) is 13.2 Å². The van der Waals surface area contributed by atoms with Crippen molar-refractivity contribution in [1.82, 2.24) is 24.8 Å². The van der Waals surface area contributed by atoms with Gasteiger partial charge in [0.2, 0.25) is 0 Å². The molecule has 20 heavy (non-hydrogen) atoms. The molecular weight excluding hydrogens is 262 g/mol. The summed E-state index contributed by atoms with van der Waals surface area (Å²) >= 11 is 0. The van der Waals surface area contributed by atoms with E-state index in [1.165, 1.54) is 7.11 Å². The van der Waals surface area contributed by atoms with Crippen molar-refractivity contribution in [2.45, 2.75) is 13.0 Å². The molecule has 0 saturated carbocycles. The molecule has 8 nitrogen and oxygen atoms in total. The Morgan fingerprint density at radius 3 is 2.80 bits per heavy atom. The van der Waals surface area contributed by atoms with Crippen LogP contribution in [-0.2, 0) is 29.5 Å². The van der Waals surface area contributed by atoms with Crippen LogP contribution in [0.3, 0.4) is 0 Å². The average molecular weight is 279 g/mol. The van der Waals surface area contributed by atoms with E-state index in [-0.39, 0.29) is 5.69 Å². The van der Waals surface area contributed by atoms with Crippen molar-refractivity contribution in [1.29, 1.82) is 0 Å². The number of carbonyl (C=O) groups excluding carboxylic acids is 1. The zero-order chi connectivity index (χ0) is 14.5. The van der Waals surface area contributed by atoms with E-state index in [0.29, 0.717) is 25.3 Å². The number of carbonyl (C=O) groups is 1. The molecule has 0 fully saturated rings. The van der Waals surface area contributed by atoms with Gasteiger partial charge in [-0.05, 0) is 0 Å². The zero-order valence-electron chi connectivity index (χ0n) is 11.7. The molecule has 0 aromatic carbocycles. The first-order chi connectivity index (χ1) is 9.65. The summed E-state index contributed by atoms with van der Waals surface area (Å²) < 4.78 is 13.1. The molecule has 0 unspecified atom stereocenters. The Hall–Kier alpha value is -2.22. The molecule has 0 saturated heterocycles. The Morgan fingerprint density at radius 2 is 2.20 bits per heavy atom. The smallest absolute Gasteiger partial charge is 0.360 e. The van der Waals surface area contributed by atoms with E-state index in [0.717, 1.165) is 5.56 Å². The van der Waals surface area contributed by atoms with E-state index in [4.69, 9.17) is 9.47 Å². The van der Waals surface area contributed by atoms with Gasteiger partial charge in [0.05, 0.1) is 32.2 Å². The first kappa shape index (κ1) is 14.2. The van der Waals surface area contributed by atoms with Crippen molar-refractivity contribution in [2.24, 2.45) is 7.05 Å². The third-order valence-corrected chi connectivity index (χ3v) is 2.85. The molecule has 0 bridgehead atoms. The van der Waals surface area contributed by atoms with Gasteiger partial charge in [0, 0.05) is 32.3 Å². The van der Waals surface area contributed by atoms with Gasteiger partial charge >= 0.3 is 5.97 Å². The second-order valence-corrected chi connectivity index (χ2v) is 4.30. The summed E-state index contributed by atoms with van der Waals surface area (Å²) in [7, 11) is 4.77. The number of hydrogen-bond donors (Lipinski definition) is 0. The second kappa shape index (κ2) is 6.29. The van der Waals surface area contributed by atoms with Crippen molar-refractivity contribution in [2.75, 3.05) is 20.8 Å². The summed E-state index contributed by atoms with van der Waals surface area (Å²) in [6, 6.07) is 0. The van der Waals surface area contributed by atoms with Gasteiger partial charge in [-0.3, -0.25) is 4.68 Å². The molecule has 2 rings (SSSR count). The van der Waals surface area contributed by atoms with E-state index in [9.17, 15) is 4.79 Å². The molecule has 0 aliphatic rings. The highest BCUT2D eigenvalue weighted by Gasteiger charge is 2.20. The maximum atomic E-state index is 11.7. The maximum Gasteiger partial charge on any atom is 0.360 e. The molecule has 2 aromatic rings. The number of nitrogens with zero attached hydrogens (tertiary/aromatic N) is 5. The highest BCUT2D eigenvalue weighted by atomic mass is 16.5.